The summed E-state index contributed by atoms with van der Waals surface area (Å²) in [6.07, 6.45) is 4.84. The Balaban J connectivity index is 1.96. The number of alkyl halides is 1. The van der Waals surface area contributed by atoms with Crippen LogP contribution in [0.3, 0.4) is 0 Å². The molecule has 0 aromatic rings. The minimum atomic E-state index is -3.03. The SMILES string of the molecule is O=S(=O)(C1CCCC1)N1CCCN(CCBr)CC1. The lowest BCUT2D eigenvalue weighted by Crippen LogP contribution is -2.40. The summed E-state index contributed by atoms with van der Waals surface area (Å²) in [6.45, 7) is 4.28. The number of hydrogen-bond donors (Lipinski definition) is 0. The van der Waals surface area contributed by atoms with Crippen LogP contribution in [-0.4, -0.2) is 60.9 Å². The van der Waals surface area contributed by atoms with Gasteiger partial charge in [0.25, 0.3) is 0 Å². The monoisotopic (exact) mass is 338 g/mol. The molecule has 0 aromatic heterocycles. The summed E-state index contributed by atoms with van der Waals surface area (Å²) < 4.78 is 26.8. The second-order valence-electron chi connectivity index (χ2n) is 5.23. The van der Waals surface area contributed by atoms with E-state index < -0.39 is 10.0 Å². The van der Waals surface area contributed by atoms with Gasteiger partial charge in [0.05, 0.1) is 5.25 Å². The zero-order chi connectivity index (χ0) is 13.0. The fourth-order valence-corrected chi connectivity index (χ4v) is 5.51. The van der Waals surface area contributed by atoms with Crippen LogP contribution in [0.5, 0.6) is 0 Å². The van der Waals surface area contributed by atoms with E-state index >= 15 is 0 Å². The molecule has 0 radical (unpaired) electrons. The molecular formula is C12H23BrN2O2S. The molecule has 6 heteroatoms. The number of sulfonamides is 1. The summed E-state index contributed by atoms with van der Waals surface area (Å²) in [4.78, 5) is 2.35. The van der Waals surface area contributed by atoms with Crippen LogP contribution in [0.1, 0.15) is 32.1 Å². The Morgan fingerprint density at radius 2 is 1.72 bits per heavy atom. The third-order valence-electron chi connectivity index (χ3n) is 4.03. The summed E-state index contributed by atoms with van der Waals surface area (Å²) in [6, 6.07) is 0. The van der Waals surface area contributed by atoms with Gasteiger partial charge in [-0.2, -0.15) is 0 Å². The van der Waals surface area contributed by atoms with Gasteiger partial charge in [-0.1, -0.05) is 28.8 Å². The highest BCUT2D eigenvalue weighted by Gasteiger charge is 2.34. The second kappa shape index (κ2) is 6.68. The molecule has 1 heterocycles. The smallest absolute Gasteiger partial charge is 0.217 e. The predicted molar refractivity (Wildman–Crippen MR) is 77.6 cm³/mol. The number of rotatable bonds is 4. The van der Waals surface area contributed by atoms with Crippen molar-refractivity contribution in [1.29, 1.82) is 0 Å². The first-order valence-electron chi connectivity index (χ1n) is 6.92. The third kappa shape index (κ3) is 3.46. The van der Waals surface area contributed by atoms with Gasteiger partial charge in [-0.3, -0.25) is 0 Å². The molecule has 4 nitrogen and oxygen atoms in total. The molecule has 2 aliphatic rings. The van der Waals surface area contributed by atoms with E-state index in [2.05, 4.69) is 20.8 Å². The molecule has 2 fully saturated rings. The molecule has 1 saturated heterocycles. The van der Waals surface area contributed by atoms with Crippen molar-refractivity contribution in [2.45, 2.75) is 37.4 Å². The van der Waals surface area contributed by atoms with Gasteiger partial charge in [-0.15, -0.1) is 0 Å². The van der Waals surface area contributed by atoms with Gasteiger partial charge in [-0.05, 0) is 25.8 Å². The first-order valence-corrected chi connectivity index (χ1v) is 9.54. The van der Waals surface area contributed by atoms with Crippen LogP contribution >= 0.6 is 15.9 Å². The lowest BCUT2D eigenvalue weighted by atomic mass is 10.4. The van der Waals surface area contributed by atoms with Crippen molar-refractivity contribution in [2.75, 3.05) is 38.1 Å². The quantitative estimate of drug-likeness (QED) is 0.732. The Morgan fingerprint density at radius 3 is 2.39 bits per heavy atom. The molecule has 1 aliphatic carbocycles. The van der Waals surface area contributed by atoms with Crippen LogP contribution in [0.2, 0.25) is 0 Å². The molecule has 1 aliphatic heterocycles. The van der Waals surface area contributed by atoms with Crippen molar-refractivity contribution < 1.29 is 8.42 Å². The highest BCUT2D eigenvalue weighted by atomic mass is 79.9. The maximum absolute atomic E-state index is 12.5. The van der Waals surface area contributed by atoms with Crippen LogP contribution in [0.4, 0.5) is 0 Å². The van der Waals surface area contributed by atoms with E-state index in [0.29, 0.717) is 13.1 Å². The van der Waals surface area contributed by atoms with E-state index in [-0.39, 0.29) is 5.25 Å². The molecule has 0 bridgehead atoms. The molecule has 18 heavy (non-hydrogen) atoms. The Kier molecular flexibility index (Phi) is 5.47. The van der Waals surface area contributed by atoms with Crippen molar-refractivity contribution in [3.63, 3.8) is 0 Å². The van der Waals surface area contributed by atoms with E-state index in [4.69, 9.17) is 0 Å². The minimum Gasteiger partial charge on any atom is -0.301 e. The van der Waals surface area contributed by atoms with Crippen molar-refractivity contribution in [1.82, 2.24) is 9.21 Å². The molecule has 1 saturated carbocycles. The summed E-state index contributed by atoms with van der Waals surface area (Å²) in [5, 5.41) is 0.864. The van der Waals surface area contributed by atoms with Gasteiger partial charge in [0.2, 0.25) is 10.0 Å². The van der Waals surface area contributed by atoms with Gasteiger partial charge in [0.1, 0.15) is 0 Å². The first kappa shape index (κ1) is 14.8. The van der Waals surface area contributed by atoms with Gasteiger partial charge in [0, 0.05) is 31.5 Å². The van der Waals surface area contributed by atoms with Crippen molar-refractivity contribution in [3.8, 4) is 0 Å². The maximum atomic E-state index is 12.5. The highest BCUT2D eigenvalue weighted by Crippen LogP contribution is 2.27. The fourth-order valence-electron chi connectivity index (χ4n) is 2.94. The molecule has 2 rings (SSSR count). The molecule has 0 N–H and O–H groups in total. The molecule has 106 valence electrons. The molecular weight excluding hydrogens is 316 g/mol. The number of halogens is 1. The standard InChI is InChI=1S/C12H23BrN2O2S/c13-6-9-14-7-3-8-15(11-10-14)18(16,17)12-4-1-2-5-12/h12H,1-11H2. The lowest BCUT2D eigenvalue weighted by molar-refractivity contribution is 0.304. The first-order chi connectivity index (χ1) is 8.64. The van der Waals surface area contributed by atoms with Crippen LogP contribution in [0, 0.1) is 0 Å². The predicted octanol–water partition coefficient (Wildman–Crippen LogP) is 1.66. The van der Waals surface area contributed by atoms with Crippen LogP contribution in [0.15, 0.2) is 0 Å². The van der Waals surface area contributed by atoms with Crippen LogP contribution in [0.25, 0.3) is 0 Å². The molecule has 0 aromatic carbocycles. The number of nitrogens with zero attached hydrogens (tertiary/aromatic N) is 2. The normalized spacial score (nSPS) is 25.4. The number of hydrogen-bond acceptors (Lipinski definition) is 3. The van der Waals surface area contributed by atoms with E-state index in [9.17, 15) is 8.42 Å². The van der Waals surface area contributed by atoms with E-state index in [1.807, 2.05) is 0 Å². The lowest BCUT2D eigenvalue weighted by Gasteiger charge is -2.24. The fraction of sp³-hybridized carbons (Fsp3) is 1.00. The van der Waals surface area contributed by atoms with E-state index in [1.165, 1.54) is 0 Å². The van der Waals surface area contributed by atoms with E-state index in [1.54, 1.807) is 4.31 Å². The van der Waals surface area contributed by atoms with E-state index in [0.717, 1.165) is 57.1 Å². The van der Waals surface area contributed by atoms with Crippen LogP contribution in [-0.2, 0) is 10.0 Å². The molecule has 0 amide bonds. The highest BCUT2D eigenvalue weighted by molar-refractivity contribution is 9.09. The van der Waals surface area contributed by atoms with Gasteiger partial charge in [-0.25, -0.2) is 12.7 Å². The van der Waals surface area contributed by atoms with Gasteiger partial charge < -0.3 is 4.90 Å². The Bertz CT molecular complexity index is 355. The Labute approximate surface area is 119 Å². The largest absolute Gasteiger partial charge is 0.301 e. The topological polar surface area (TPSA) is 40.6 Å². The molecule has 0 unspecified atom stereocenters. The average Bonchev–Trinajstić information content (AvgIpc) is 2.78. The summed E-state index contributed by atoms with van der Waals surface area (Å²) in [5.74, 6) is 0. The Hall–Kier alpha value is 0.350. The zero-order valence-electron chi connectivity index (χ0n) is 10.9. The summed E-state index contributed by atoms with van der Waals surface area (Å²) in [5.41, 5.74) is 0. The average molecular weight is 339 g/mol. The molecule has 0 atom stereocenters. The summed E-state index contributed by atoms with van der Waals surface area (Å²) in [7, 11) is -3.03. The van der Waals surface area contributed by atoms with Crippen molar-refractivity contribution >= 4 is 26.0 Å². The van der Waals surface area contributed by atoms with Gasteiger partial charge >= 0.3 is 0 Å². The van der Waals surface area contributed by atoms with Crippen LogP contribution < -0.4 is 0 Å². The maximum Gasteiger partial charge on any atom is 0.217 e. The van der Waals surface area contributed by atoms with Crippen molar-refractivity contribution in [2.24, 2.45) is 0 Å². The Morgan fingerprint density at radius 1 is 1.00 bits per heavy atom. The third-order valence-corrected chi connectivity index (χ3v) is 6.78. The summed E-state index contributed by atoms with van der Waals surface area (Å²) >= 11 is 3.45. The second-order valence-corrected chi connectivity index (χ2v) is 8.24. The molecule has 0 spiro atoms. The zero-order valence-corrected chi connectivity index (χ0v) is 13.3. The van der Waals surface area contributed by atoms with Gasteiger partial charge in [0.15, 0.2) is 0 Å². The van der Waals surface area contributed by atoms with Crippen molar-refractivity contribution in [3.05, 3.63) is 0 Å². The minimum absolute atomic E-state index is 0.0970.